The van der Waals surface area contributed by atoms with Crippen molar-refractivity contribution >= 4 is 23.3 Å². The topological polar surface area (TPSA) is 167 Å². The van der Waals surface area contributed by atoms with Gasteiger partial charge in [-0.25, -0.2) is 9.59 Å². The van der Waals surface area contributed by atoms with E-state index in [0.717, 1.165) is 0 Å². The first-order chi connectivity index (χ1) is 11.5. The molecule has 25 heavy (non-hydrogen) atoms. The first-order valence-corrected chi connectivity index (χ1v) is 7.19. The summed E-state index contributed by atoms with van der Waals surface area (Å²) < 4.78 is 0. The Hall–Kier alpha value is -3.42. The number of carbonyl (C=O) groups is 2. The third-order valence-electron chi connectivity index (χ3n) is 4.22. The molecule has 0 saturated heterocycles. The van der Waals surface area contributed by atoms with Crippen molar-refractivity contribution in [3.8, 4) is 11.5 Å². The molecule has 0 spiro atoms. The van der Waals surface area contributed by atoms with Crippen LogP contribution in [-0.2, 0) is 5.41 Å². The van der Waals surface area contributed by atoms with Crippen molar-refractivity contribution in [1.82, 2.24) is 0 Å². The van der Waals surface area contributed by atoms with Crippen molar-refractivity contribution in [2.24, 2.45) is 0 Å². The van der Waals surface area contributed by atoms with E-state index in [9.17, 15) is 30.0 Å². The van der Waals surface area contributed by atoms with Crippen molar-refractivity contribution in [3.63, 3.8) is 0 Å². The first-order valence-electron chi connectivity index (χ1n) is 7.19. The summed E-state index contributed by atoms with van der Waals surface area (Å²) in [7, 11) is 0. The molecule has 8 heteroatoms. The van der Waals surface area contributed by atoms with Crippen molar-refractivity contribution in [2.75, 3.05) is 11.5 Å². The average molecular weight is 346 g/mol. The molecule has 0 aromatic heterocycles. The summed E-state index contributed by atoms with van der Waals surface area (Å²) in [5.41, 5.74) is 9.86. The minimum Gasteiger partial charge on any atom is -0.506 e. The van der Waals surface area contributed by atoms with Crippen LogP contribution in [0.1, 0.15) is 45.7 Å². The third-order valence-corrected chi connectivity index (χ3v) is 4.22. The van der Waals surface area contributed by atoms with E-state index in [1.807, 2.05) is 0 Å². The van der Waals surface area contributed by atoms with Gasteiger partial charge >= 0.3 is 11.9 Å². The molecular weight excluding hydrogens is 328 g/mol. The number of hydrogen-bond acceptors (Lipinski definition) is 6. The van der Waals surface area contributed by atoms with Crippen LogP contribution in [0, 0.1) is 0 Å². The highest BCUT2D eigenvalue weighted by Gasteiger charge is 2.29. The molecule has 0 bridgehead atoms. The number of phenolic OH excluding ortho intramolecular Hbond substituents is 2. The Morgan fingerprint density at radius 2 is 1.12 bits per heavy atom. The second-order valence-corrected chi connectivity index (χ2v) is 6.15. The highest BCUT2D eigenvalue weighted by atomic mass is 16.4. The van der Waals surface area contributed by atoms with E-state index < -0.39 is 28.9 Å². The van der Waals surface area contributed by atoms with Crippen molar-refractivity contribution in [2.45, 2.75) is 19.3 Å². The average Bonchev–Trinajstić information content (AvgIpc) is 2.51. The van der Waals surface area contributed by atoms with Crippen LogP contribution in [0.5, 0.6) is 11.5 Å². The van der Waals surface area contributed by atoms with Gasteiger partial charge in [-0.15, -0.1) is 0 Å². The van der Waals surface area contributed by atoms with Gasteiger partial charge in [0.1, 0.15) is 11.5 Å². The number of carboxylic acid groups (broad SMARTS) is 2. The van der Waals surface area contributed by atoms with Crippen LogP contribution < -0.4 is 11.5 Å². The van der Waals surface area contributed by atoms with Crippen LogP contribution >= 0.6 is 0 Å². The molecule has 8 N–H and O–H groups in total. The Labute approximate surface area is 142 Å². The number of aromatic hydroxyl groups is 2. The lowest BCUT2D eigenvalue weighted by molar-refractivity contribution is 0.0687. The minimum absolute atomic E-state index is 0.265. The van der Waals surface area contributed by atoms with Gasteiger partial charge < -0.3 is 31.9 Å². The molecule has 2 aromatic carbocycles. The van der Waals surface area contributed by atoms with E-state index in [1.165, 1.54) is 24.3 Å². The summed E-state index contributed by atoms with van der Waals surface area (Å²) in [5, 5.41) is 38.3. The van der Waals surface area contributed by atoms with Crippen LogP contribution in [0.2, 0.25) is 0 Å². The lowest BCUT2D eigenvalue weighted by atomic mass is 9.76. The lowest BCUT2D eigenvalue weighted by Crippen LogP contribution is -2.21. The fourth-order valence-electron chi connectivity index (χ4n) is 2.52. The summed E-state index contributed by atoms with van der Waals surface area (Å²) in [6, 6.07) is 5.20. The number of nitrogen functional groups attached to an aromatic ring is 2. The number of nitrogens with two attached hydrogens (primary N) is 2. The third kappa shape index (κ3) is 3.01. The predicted octanol–water partition coefficient (Wildman–Crippen LogP) is 1.98. The SMILES string of the molecule is CC(C)(c1cc(O)c(N)c(C(=O)O)c1)c1cc(O)c(N)c(C(=O)O)c1. The van der Waals surface area contributed by atoms with Gasteiger partial charge in [-0.3, -0.25) is 0 Å². The second kappa shape index (κ2) is 5.90. The largest absolute Gasteiger partial charge is 0.506 e. The molecule has 0 radical (unpaired) electrons. The minimum atomic E-state index is -1.31. The zero-order chi connectivity index (χ0) is 19.1. The summed E-state index contributed by atoms with van der Waals surface area (Å²) in [4.78, 5) is 22.6. The van der Waals surface area contributed by atoms with Gasteiger partial charge in [-0.2, -0.15) is 0 Å². The van der Waals surface area contributed by atoms with Crippen molar-refractivity contribution in [1.29, 1.82) is 0 Å². The Balaban J connectivity index is 2.71. The van der Waals surface area contributed by atoms with Gasteiger partial charge in [-0.05, 0) is 35.4 Å². The molecule has 0 aliphatic carbocycles. The maximum Gasteiger partial charge on any atom is 0.337 e. The van der Waals surface area contributed by atoms with Gasteiger partial charge in [0, 0.05) is 5.41 Å². The number of aromatic carboxylic acids is 2. The van der Waals surface area contributed by atoms with Crippen LogP contribution in [0.25, 0.3) is 0 Å². The standard InChI is InChI=1S/C17H18N2O6/c1-17(2,7-3-9(15(22)23)13(18)11(20)5-7)8-4-10(16(24)25)14(19)12(21)6-8/h3-6,20-21H,18-19H2,1-2H3,(H,22,23)(H,24,25). The second-order valence-electron chi connectivity index (χ2n) is 6.15. The Kier molecular flexibility index (Phi) is 4.23. The Morgan fingerprint density at radius 3 is 1.40 bits per heavy atom. The molecule has 0 aliphatic heterocycles. The highest BCUT2D eigenvalue weighted by Crippen LogP contribution is 2.40. The van der Waals surface area contributed by atoms with E-state index in [0.29, 0.717) is 11.1 Å². The highest BCUT2D eigenvalue weighted by molar-refractivity contribution is 5.96. The van der Waals surface area contributed by atoms with Crippen molar-refractivity contribution in [3.05, 3.63) is 46.5 Å². The van der Waals surface area contributed by atoms with E-state index >= 15 is 0 Å². The maximum atomic E-state index is 11.3. The molecule has 0 amide bonds. The number of benzene rings is 2. The maximum absolute atomic E-state index is 11.3. The number of phenols is 2. The Bertz CT molecular complexity index is 818. The zero-order valence-electron chi connectivity index (χ0n) is 13.6. The molecule has 0 heterocycles. The van der Waals surface area contributed by atoms with Gasteiger partial charge in [0.25, 0.3) is 0 Å². The van der Waals surface area contributed by atoms with Gasteiger partial charge in [-0.1, -0.05) is 13.8 Å². The number of rotatable bonds is 4. The quantitative estimate of drug-likeness (QED) is 0.361. The molecule has 0 saturated carbocycles. The van der Waals surface area contributed by atoms with Crippen LogP contribution in [-0.4, -0.2) is 32.4 Å². The number of hydrogen-bond donors (Lipinski definition) is 6. The molecule has 0 fully saturated rings. The summed E-state index contributed by atoms with van der Waals surface area (Å²) >= 11 is 0. The fourth-order valence-corrected chi connectivity index (χ4v) is 2.52. The molecule has 8 nitrogen and oxygen atoms in total. The predicted molar refractivity (Wildman–Crippen MR) is 91.1 cm³/mol. The van der Waals surface area contributed by atoms with Crippen LogP contribution in [0.4, 0.5) is 11.4 Å². The first kappa shape index (κ1) is 17.9. The van der Waals surface area contributed by atoms with Gasteiger partial charge in [0.2, 0.25) is 0 Å². The Morgan fingerprint density at radius 1 is 0.800 bits per heavy atom. The summed E-state index contributed by atoms with van der Waals surface area (Å²) in [6.07, 6.45) is 0. The zero-order valence-corrected chi connectivity index (χ0v) is 13.6. The molecule has 2 rings (SSSR count). The molecule has 0 aliphatic rings. The number of carboxylic acids is 2. The molecule has 2 aromatic rings. The van der Waals surface area contributed by atoms with E-state index in [-0.39, 0.29) is 22.5 Å². The van der Waals surface area contributed by atoms with Gasteiger partial charge in [0.05, 0.1) is 22.5 Å². The molecule has 132 valence electrons. The van der Waals surface area contributed by atoms with Gasteiger partial charge in [0.15, 0.2) is 0 Å². The summed E-state index contributed by atoms with van der Waals surface area (Å²) in [5.74, 6) is -3.42. The normalized spacial score (nSPS) is 11.3. The van der Waals surface area contributed by atoms with E-state index in [4.69, 9.17) is 11.5 Å². The molecular formula is C17H18N2O6. The van der Waals surface area contributed by atoms with E-state index in [2.05, 4.69) is 0 Å². The smallest absolute Gasteiger partial charge is 0.337 e. The number of anilines is 2. The fraction of sp³-hybridized carbons (Fsp3) is 0.176. The van der Waals surface area contributed by atoms with Crippen LogP contribution in [0.3, 0.4) is 0 Å². The van der Waals surface area contributed by atoms with E-state index in [1.54, 1.807) is 13.8 Å². The lowest BCUT2D eigenvalue weighted by Gasteiger charge is -2.28. The van der Waals surface area contributed by atoms with Crippen LogP contribution in [0.15, 0.2) is 24.3 Å². The molecule has 0 unspecified atom stereocenters. The summed E-state index contributed by atoms with van der Waals surface area (Å²) in [6.45, 7) is 3.36. The van der Waals surface area contributed by atoms with Crippen molar-refractivity contribution < 1.29 is 30.0 Å². The monoisotopic (exact) mass is 346 g/mol. The molecule has 0 atom stereocenters.